The number of esters is 1. The summed E-state index contributed by atoms with van der Waals surface area (Å²) in [5.74, 6) is 2.00. The normalized spacial score (nSPS) is 15.9. The van der Waals surface area contributed by atoms with Gasteiger partial charge in [-0.25, -0.2) is 0 Å². The molecule has 138 valence electrons. The van der Waals surface area contributed by atoms with Gasteiger partial charge in [-0.15, -0.1) is 0 Å². The second-order valence-electron chi connectivity index (χ2n) is 6.57. The largest absolute Gasteiger partial charge is 0.493 e. The Kier molecular flexibility index (Phi) is 4.81. The van der Waals surface area contributed by atoms with Crippen LogP contribution in [0.1, 0.15) is 40.2 Å². The molecule has 1 aliphatic rings. The van der Waals surface area contributed by atoms with Crippen LogP contribution in [0.4, 0.5) is 0 Å². The van der Waals surface area contributed by atoms with E-state index in [0.29, 0.717) is 23.0 Å². The number of aryl methyl sites for hydroxylation is 2. The molecule has 0 aliphatic carbocycles. The molecular formula is C21H24O5. The Hall–Kier alpha value is -2.69. The molecule has 0 spiro atoms. The van der Waals surface area contributed by atoms with Crippen LogP contribution in [0, 0.1) is 20.8 Å². The summed E-state index contributed by atoms with van der Waals surface area (Å²) in [7, 11) is 4.75. The van der Waals surface area contributed by atoms with Crippen molar-refractivity contribution >= 4 is 5.97 Å². The second-order valence-corrected chi connectivity index (χ2v) is 6.57. The minimum atomic E-state index is -0.232. The van der Waals surface area contributed by atoms with Crippen LogP contribution < -0.4 is 18.9 Å². The third-order valence-electron chi connectivity index (χ3n) is 5.06. The molecule has 2 aromatic carbocycles. The fraction of sp³-hybridized carbons (Fsp3) is 0.381. The highest BCUT2D eigenvalue weighted by Crippen LogP contribution is 2.47. The first-order chi connectivity index (χ1) is 12.4. The Morgan fingerprint density at radius 1 is 0.923 bits per heavy atom. The van der Waals surface area contributed by atoms with Gasteiger partial charge in [0.2, 0.25) is 5.75 Å². The van der Waals surface area contributed by atoms with E-state index < -0.39 is 0 Å². The van der Waals surface area contributed by atoms with Gasteiger partial charge in [0.1, 0.15) is 5.75 Å². The number of rotatable bonds is 4. The predicted octanol–water partition coefficient (Wildman–Crippen LogP) is 4.08. The number of hydrogen-bond donors (Lipinski definition) is 0. The van der Waals surface area contributed by atoms with Crippen LogP contribution in [0.3, 0.4) is 0 Å². The number of hydrogen-bond acceptors (Lipinski definition) is 5. The van der Waals surface area contributed by atoms with Gasteiger partial charge in [0.25, 0.3) is 0 Å². The van der Waals surface area contributed by atoms with Gasteiger partial charge in [-0.3, -0.25) is 4.79 Å². The third-order valence-corrected chi connectivity index (χ3v) is 5.06. The first-order valence-corrected chi connectivity index (χ1v) is 8.52. The summed E-state index contributed by atoms with van der Waals surface area (Å²) in [6, 6.07) is 5.95. The molecule has 5 heteroatoms. The molecule has 1 atom stereocenters. The molecule has 2 aromatic rings. The molecular weight excluding hydrogens is 332 g/mol. The van der Waals surface area contributed by atoms with Crippen molar-refractivity contribution in [1.82, 2.24) is 0 Å². The van der Waals surface area contributed by atoms with Gasteiger partial charge in [0, 0.05) is 11.5 Å². The summed E-state index contributed by atoms with van der Waals surface area (Å²) in [4.78, 5) is 12.3. The van der Waals surface area contributed by atoms with Crippen molar-refractivity contribution in [1.29, 1.82) is 0 Å². The van der Waals surface area contributed by atoms with Crippen molar-refractivity contribution in [3.8, 4) is 23.0 Å². The molecule has 0 saturated carbocycles. The van der Waals surface area contributed by atoms with Crippen molar-refractivity contribution in [3.05, 3.63) is 46.0 Å². The van der Waals surface area contributed by atoms with Crippen molar-refractivity contribution in [2.45, 2.75) is 33.1 Å². The van der Waals surface area contributed by atoms with Crippen LogP contribution in [0.2, 0.25) is 0 Å². The van der Waals surface area contributed by atoms with Crippen molar-refractivity contribution in [3.63, 3.8) is 0 Å². The number of benzene rings is 2. The van der Waals surface area contributed by atoms with Crippen molar-refractivity contribution in [2.75, 3.05) is 21.3 Å². The first kappa shape index (κ1) is 18.1. The summed E-state index contributed by atoms with van der Waals surface area (Å²) in [6.45, 7) is 6.06. The minimum absolute atomic E-state index is 0.126. The SMILES string of the molecule is COc1cc(C2CC(=O)Oc3c(C)c(C)cc(C)c32)cc(OC)c1OC. The second kappa shape index (κ2) is 6.90. The van der Waals surface area contributed by atoms with Crippen LogP contribution in [0.15, 0.2) is 18.2 Å². The summed E-state index contributed by atoms with van der Waals surface area (Å²) < 4.78 is 22.0. The molecule has 3 rings (SSSR count). The Balaban J connectivity index is 2.23. The van der Waals surface area contributed by atoms with E-state index in [9.17, 15) is 4.79 Å². The van der Waals surface area contributed by atoms with E-state index in [-0.39, 0.29) is 18.3 Å². The maximum atomic E-state index is 12.3. The standard InChI is InChI=1S/C21H24O5/c1-11-7-12(2)19-15(10-18(22)26-20(19)13(11)3)14-8-16(23-4)21(25-6)17(9-14)24-5/h7-9,15H,10H2,1-6H3. The van der Waals surface area contributed by atoms with Crippen LogP contribution in [-0.2, 0) is 4.79 Å². The predicted molar refractivity (Wildman–Crippen MR) is 98.8 cm³/mol. The Labute approximate surface area is 153 Å². The average Bonchev–Trinajstić information content (AvgIpc) is 2.63. The Bertz CT molecular complexity index is 844. The van der Waals surface area contributed by atoms with Gasteiger partial charge >= 0.3 is 5.97 Å². The van der Waals surface area contributed by atoms with E-state index in [1.54, 1.807) is 21.3 Å². The summed E-state index contributed by atoms with van der Waals surface area (Å²) in [5.41, 5.74) is 5.19. The fourth-order valence-corrected chi connectivity index (χ4v) is 3.65. The highest BCUT2D eigenvalue weighted by Gasteiger charge is 2.33. The highest BCUT2D eigenvalue weighted by molar-refractivity contribution is 5.79. The number of methoxy groups -OCH3 is 3. The Morgan fingerprint density at radius 2 is 1.54 bits per heavy atom. The molecule has 0 fully saturated rings. The summed E-state index contributed by atoms with van der Waals surface area (Å²) in [6.07, 6.45) is 0.273. The van der Waals surface area contributed by atoms with E-state index in [1.165, 1.54) is 0 Å². The van der Waals surface area contributed by atoms with Crippen LogP contribution in [-0.4, -0.2) is 27.3 Å². The lowest BCUT2D eigenvalue weighted by Gasteiger charge is -2.29. The first-order valence-electron chi connectivity index (χ1n) is 8.52. The van der Waals surface area contributed by atoms with Crippen molar-refractivity contribution in [2.24, 2.45) is 0 Å². The number of fused-ring (bicyclic) bond motifs is 1. The zero-order chi connectivity index (χ0) is 19.0. The van der Waals surface area contributed by atoms with E-state index in [2.05, 4.69) is 13.0 Å². The third kappa shape index (κ3) is 2.87. The zero-order valence-electron chi connectivity index (χ0n) is 16.1. The number of ether oxygens (including phenoxy) is 4. The molecule has 1 heterocycles. The van der Waals surface area contributed by atoms with E-state index >= 15 is 0 Å². The number of carbonyl (C=O) groups is 1. The molecule has 5 nitrogen and oxygen atoms in total. The molecule has 0 saturated heterocycles. The molecule has 0 aromatic heterocycles. The lowest BCUT2D eigenvalue weighted by molar-refractivity contribution is -0.135. The topological polar surface area (TPSA) is 54.0 Å². The van der Waals surface area contributed by atoms with E-state index in [1.807, 2.05) is 26.0 Å². The van der Waals surface area contributed by atoms with E-state index in [0.717, 1.165) is 27.8 Å². The van der Waals surface area contributed by atoms with Crippen LogP contribution in [0.5, 0.6) is 23.0 Å². The Morgan fingerprint density at radius 3 is 2.08 bits per heavy atom. The zero-order valence-corrected chi connectivity index (χ0v) is 16.1. The molecule has 0 bridgehead atoms. The average molecular weight is 356 g/mol. The fourth-order valence-electron chi connectivity index (χ4n) is 3.65. The van der Waals surface area contributed by atoms with Gasteiger partial charge < -0.3 is 18.9 Å². The lowest BCUT2D eigenvalue weighted by Crippen LogP contribution is -2.23. The molecule has 0 N–H and O–H groups in total. The lowest BCUT2D eigenvalue weighted by atomic mass is 9.81. The quantitative estimate of drug-likeness (QED) is 0.610. The molecule has 1 unspecified atom stereocenters. The van der Waals surface area contributed by atoms with Crippen LogP contribution >= 0.6 is 0 Å². The monoisotopic (exact) mass is 356 g/mol. The van der Waals surface area contributed by atoms with E-state index in [4.69, 9.17) is 18.9 Å². The summed E-state index contributed by atoms with van der Waals surface area (Å²) >= 11 is 0. The minimum Gasteiger partial charge on any atom is -0.493 e. The number of carbonyl (C=O) groups excluding carboxylic acids is 1. The summed E-state index contributed by atoms with van der Waals surface area (Å²) in [5, 5.41) is 0. The maximum absolute atomic E-state index is 12.3. The molecule has 1 aliphatic heterocycles. The van der Waals surface area contributed by atoms with Crippen LogP contribution in [0.25, 0.3) is 0 Å². The smallest absolute Gasteiger partial charge is 0.312 e. The highest BCUT2D eigenvalue weighted by atomic mass is 16.5. The van der Waals surface area contributed by atoms with Gasteiger partial charge in [-0.05, 0) is 55.2 Å². The molecule has 0 amide bonds. The maximum Gasteiger partial charge on any atom is 0.312 e. The van der Waals surface area contributed by atoms with Gasteiger partial charge in [-0.2, -0.15) is 0 Å². The van der Waals surface area contributed by atoms with Gasteiger partial charge in [-0.1, -0.05) is 6.07 Å². The van der Waals surface area contributed by atoms with Gasteiger partial charge in [0.15, 0.2) is 11.5 Å². The van der Waals surface area contributed by atoms with Gasteiger partial charge in [0.05, 0.1) is 27.8 Å². The van der Waals surface area contributed by atoms with Crippen molar-refractivity contribution < 1.29 is 23.7 Å². The molecule has 26 heavy (non-hydrogen) atoms. The molecule has 0 radical (unpaired) electrons.